The van der Waals surface area contributed by atoms with Gasteiger partial charge in [0.15, 0.2) is 0 Å². The van der Waals surface area contributed by atoms with E-state index in [9.17, 15) is 18.0 Å². The number of carbonyl (C=O) groups excluding carboxylic acids is 2. The molecule has 0 saturated heterocycles. The van der Waals surface area contributed by atoms with Crippen LogP contribution in [0.5, 0.6) is 17.2 Å². The second-order valence-electron chi connectivity index (χ2n) is 8.97. The summed E-state index contributed by atoms with van der Waals surface area (Å²) in [7, 11) is -4.23. The van der Waals surface area contributed by atoms with E-state index in [1.54, 1.807) is 54.6 Å². The van der Waals surface area contributed by atoms with Gasteiger partial charge in [-0.05, 0) is 85.8 Å². The van der Waals surface area contributed by atoms with Crippen molar-refractivity contribution >= 4 is 50.4 Å². The van der Waals surface area contributed by atoms with Gasteiger partial charge < -0.3 is 37.8 Å². The quantitative estimate of drug-likeness (QED) is 0.0464. The number of nitrogens with zero attached hydrogens (tertiary/aromatic N) is 1. The Morgan fingerprint density at radius 3 is 1.74 bits per heavy atom. The zero-order valence-corrected chi connectivity index (χ0v) is 31.3. The van der Waals surface area contributed by atoms with Gasteiger partial charge in [0.05, 0.1) is 17.0 Å². The van der Waals surface area contributed by atoms with Crippen LogP contribution in [0.3, 0.4) is 0 Å². The van der Waals surface area contributed by atoms with Crippen LogP contribution in [-0.2, 0) is 14.9 Å². The van der Waals surface area contributed by atoms with Gasteiger partial charge in [0, 0.05) is 34.4 Å². The summed E-state index contributed by atoms with van der Waals surface area (Å²) in [5, 5.41) is 32.6. The molecule has 0 bridgehead atoms. The van der Waals surface area contributed by atoms with Gasteiger partial charge in [0.2, 0.25) is 5.91 Å². The molecule has 0 fully saturated rings. The molecule has 46 heavy (non-hydrogen) atoms. The predicted molar refractivity (Wildman–Crippen MR) is 168 cm³/mol. The second kappa shape index (κ2) is 20.9. The number of hydrogen-bond acceptors (Lipinski definition) is 11. The molecule has 0 unspecified atom stereocenters. The Labute approximate surface area is 330 Å². The smallest absolute Gasteiger partial charge is 0.508 e. The number of rotatable bonds is 3. The Balaban J connectivity index is 0.000000614. The van der Waals surface area contributed by atoms with Gasteiger partial charge in [-0.2, -0.15) is 13.5 Å². The molecule has 14 nitrogen and oxygen atoms in total. The Bertz CT molecular complexity index is 1710. The number of phenols is 3. The largest absolute Gasteiger partial charge is 1.00 e. The van der Waals surface area contributed by atoms with Gasteiger partial charge in [-0.15, -0.1) is 0 Å². The molecular formula is C29H32KN6NaO8S+2. The van der Waals surface area contributed by atoms with Crippen molar-refractivity contribution in [1.82, 2.24) is 5.43 Å². The first-order valence-corrected chi connectivity index (χ1v) is 14.0. The van der Waals surface area contributed by atoms with Crippen molar-refractivity contribution in [3.05, 3.63) is 96.6 Å². The van der Waals surface area contributed by atoms with Gasteiger partial charge in [0.25, 0.3) is 16.0 Å². The molecule has 2 amide bonds. The first-order chi connectivity index (χ1) is 20.6. The van der Waals surface area contributed by atoms with Crippen LogP contribution in [0, 0.1) is 0 Å². The van der Waals surface area contributed by atoms with Crippen LogP contribution in [0.25, 0.3) is 0 Å². The minimum Gasteiger partial charge on any atom is -0.508 e. The molecule has 1 aliphatic rings. The number of hydrazone groups is 1. The van der Waals surface area contributed by atoms with Crippen molar-refractivity contribution in [3.8, 4) is 17.2 Å². The van der Waals surface area contributed by atoms with E-state index >= 15 is 0 Å². The third kappa shape index (κ3) is 16.4. The third-order valence-electron chi connectivity index (χ3n) is 5.26. The molecule has 0 aromatic heterocycles. The Morgan fingerprint density at radius 2 is 1.37 bits per heavy atom. The van der Waals surface area contributed by atoms with Gasteiger partial charge in [-0.25, -0.2) is 5.43 Å². The molecule has 12 N–H and O–H groups in total. The monoisotopic (exact) mass is 686 g/mol. The number of nitrogen functional groups attached to an aromatic ring is 3. The van der Waals surface area contributed by atoms with Crippen LogP contribution in [-0.4, -0.2) is 45.8 Å². The zero-order valence-electron chi connectivity index (χ0n) is 25.4. The molecule has 17 heteroatoms. The molecule has 232 valence electrons. The second-order valence-corrected chi connectivity index (χ2v) is 10.4. The molecule has 5 rings (SSSR count). The van der Waals surface area contributed by atoms with E-state index in [1.165, 1.54) is 18.2 Å². The molecule has 0 radical (unpaired) electrons. The number of carbonyl (C=O) groups is 2. The van der Waals surface area contributed by atoms with E-state index in [4.69, 9.17) is 37.1 Å². The van der Waals surface area contributed by atoms with E-state index in [1.807, 2.05) is 6.92 Å². The van der Waals surface area contributed by atoms with Crippen molar-refractivity contribution in [3.63, 3.8) is 0 Å². The topological polar surface area (TPSA) is 264 Å². The van der Waals surface area contributed by atoms with Crippen molar-refractivity contribution < 1.29 is 119 Å². The Morgan fingerprint density at radius 1 is 0.848 bits per heavy atom. The minimum atomic E-state index is -4.23. The average molecular weight is 687 g/mol. The number of phenolic OH excluding ortho intramolecular Hbond substituents is 3. The number of aromatic hydroxyl groups is 3. The van der Waals surface area contributed by atoms with Crippen LogP contribution in [0.1, 0.15) is 23.7 Å². The van der Waals surface area contributed by atoms with Crippen LogP contribution >= 0.6 is 0 Å². The summed E-state index contributed by atoms with van der Waals surface area (Å²) in [5.74, 6) is -0.218. The minimum absolute atomic E-state index is 0. The number of benzene rings is 4. The maximum atomic E-state index is 11.8. The zero-order chi connectivity index (χ0) is 32.9. The van der Waals surface area contributed by atoms with E-state index < -0.39 is 10.1 Å². The van der Waals surface area contributed by atoms with Crippen molar-refractivity contribution in [2.45, 2.75) is 18.2 Å². The summed E-state index contributed by atoms with van der Waals surface area (Å²) < 4.78 is 29.6. The Kier molecular flexibility index (Phi) is 19.4. The van der Waals surface area contributed by atoms with E-state index in [0.717, 1.165) is 23.9 Å². The first-order valence-electron chi connectivity index (χ1n) is 12.5. The summed E-state index contributed by atoms with van der Waals surface area (Å²) in [6.07, 6.45) is 0.472. The standard InChI is InChI=1S/C13H13N3O.C6H7NO4S.C6H6O2.C4H6N2O.K.Na/c14-10-3-1-9(2-4-10)13(17)16-12-7-5-11(15)6-8-12;7-5-3-4(12(9,10)11)1-2-6(5)8;7-5-2-1-3-6(8)4-5;1-3-2-4(7)6-5-3;;/h1-8H,14-15H2,(H,16,17);1-3,8H,7H2,(H,9,10,11);1-4,7-8H;2H2,1H3,(H,6,7);;/q;;;;2*+1. The third-order valence-corrected chi connectivity index (χ3v) is 6.11. The van der Waals surface area contributed by atoms with E-state index in [0.29, 0.717) is 29.0 Å². The van der Waals surface area contributed by atoms with E-state index in [-0.39, 0.29) is 121 Å². The van der Waals surface area contributed by atoms with Gasteiger partial charge in [-0.3, -0.25) is 14.1 Å². The first kappa shape index (κ1) is 42.8. The van der Waals surface area contributed by atoms with Gasteiger partial charge in [-0.1, -0.05) is 6.07 Å². The fourth-order valence-corrected chi connectivity index (χ4v) is 3.58. The molecule has 4 aromatic rings. The van der Waals surface area contributed by atoms with E-state index in [2.05, 4.69) is 15.8 Å². The molecule has 1 aliphatic heterocycles. The van der Waals surface area contributed by atoms with Gasteiger partial charge in [0.1, 0.15) is 17.2 Å². The predicted octanol–water partition coefficient (Wildman–Crippen LogP) is -2.69. The average Bonchev–Trinajstić information content (AvgIpc) is 3.34. The number of nitrogens with one attached hydrogen (secondary N) is 2. The maximum Gasteiger partial charge on any atom is 1.00 e. The maximum absolute atomic E-state index is 11.8. The van der Waals surface area contributed by atoms with Crippen LogP contribution in [0.4, 0.5) is 22.7 Å². The molecule has 0 spiro atoms. The fourth-order valence-electron chi connectivity index (χ4n) is 3.06. The summed E-state index contributed by atoms with van der Waals surface area (Å²) in [6.45, 7) is 1.82. The summed E-state index contributed by atoms with van der Waals surface area (Å²) in [5.41, 5.74) is 22.0. The molecule has 0 aliphatic carbocycles. The molecule has 1 heterocycles. The Hall–Kier alpha value is -3.16. The van der Waals surface area contributed by atoms with Crippen LogP contribution in [0.2, 0.25) is 0 Å². The molecular weight excluding hydrogens is 655 g/mol. The van der Waals surface area contributed by atoms with Crippen LogP contribution in [0.15, 0.2) is 101 Å². The summed E-state index contributed by atoms with van der Waals surface area (Å²) in [6, 6.07) is 22.7. The fraction of sp³-hybridized carbons (Fsp3) is 0.0690. The van der Waals surface area contributed by atoms with Crippen molar-refractivity contribution in [2.24, 2.45) is 5.10 Å². The molecule has 0 atom stereocenters. The number of anilines is 4. The van der Waals surface area contributed by atoms with Crippen LogP contribution < -0.4 is 109 Å². The molecule has 0 saturated carbocycles. The number of nitrogens with two attached hydrogens (primary N) is 3. The SMILES string of the molecule is CC1=NNC(=O)C1.Nc1cc(S(=O)(=O)O)ccc1O.Nc1ccc(NC(=O)c2ccc(N)cc2)cc1.Oc1cccc(O)c1.[K+].[Na+]. The van der Waals surface area contributed by atoms with Crippen molar-refractivity contribution in [2.75, 3.05) is 22.5 Å². The summed E-state index contributed by atoms with van der Waals surface area (Å²) in [4.78, 5) is 21.7. The molecule has 4 aromatic carbocycles. The van der Waals surface area contributed by atoms with Crippen molar-refractivity contribution in [1.29, 1.82) is 0 Å². The summed E-state index contributed by atoms with van der Waals surface area (Å²) >= 11 is 0. The number of amides is 2. The number of hydrogen-bond donors (Lipinski definition) is 9. The normalized spacial score (nSPS) is 11.1. The van der Waals surface area contributed by atoms with Gasteiger partial charge >= 0.3 is 80.9 Å².